The normalized spacial score (nSPS) is 20.2. The van der Waals surface area contributed by atoms with Crippen LogP contribution in [-0.4, -0.2) is 38.8 Å². The van der Waals surface area contributed by atoms with Crippen LogP contribution in [0, 0.1) is 11.2 Å². The van der Waals surface area contributed by atoms with E-state index in [9.17, 15) is 44.7 Å². The number of carboxylic acid groups (broad SMARTS) is 1. The molecule has 2 unspecified atom stereocenters. The molecule has 1 N–H and O–H groups in total. The Hall–Kier alpha value is -4.46. The molecule has 0 fully saturated rings. The minimum atomic E-state index is -4.81. The number of benzene rings is 3. The zero-order valence-electron chi connectivity index (χ0n) is 23.0. The first-order chi connectivity index (χ1) is 21.2. The third-order valence-corrected chi connectivity index (χ3v) is 9.76. The predicted molar refractivity (Wildman–Crippen MR) is 148 cm³/mol. The van der Waals surface area contributed by atoms with Crippen molar-refractivity contribution in [3.8, 4) is 11.5 Å². The lowest BCUT2D eigenvalue weighted by molar-refractivity contribution is -0.145. The molecule has 0 saturated heterocycles. The highest BCUT2D eigenvalue weighted by Gasteiger charge is 2.43. The van der Waals surface area contributed by atoms with Gasteiger partial charge in [-0.1, -0.05) is 24.3 Å². The van der Waals surface area contributed by atoms with Gasteiger partial charge in [-0.15, -0.1) is 0 Å². The number of allylic oxidation sites excluding steroid dienone is 2. The van der Waals surface area contributed by atoms with Crippen LogP contribution in [0.5, 0.6) is 11.5 Å². The Labute approximate surface area is 253 Å². The van der Waals surface area contributed by atoms with Gasteiger partial charge in [-0.05, 0) is 78.1 Å². The van der Waals surface area contributed by atoms with Crippen molar-refractivity contribution in [3.05, 3.63) is 107 Å². The minimum Gasteiger partial charge on any atom is -0.482 e. The molecule has 0 amide bonds. The Morgan fingerprint density at radius 3 is 2.44 bits per heavy atom. The van der Waals surface area contributed by atoms with Crippen molar-refractivity contribution in [2.75, 3.05) is 10.8 Å². The van der Waals surface area contributed by atoms with Gasteiger partial charge in [0.15, 0.2) is 0 Å². The maximum atomic E-state index is 14.3. The number of carbonyl (C=O) groups is 1. The molecule has 3 aromatic carbocycles. The monoisotopic (exact) mass is 651 g/mol. The van der Waals surface area contributed by atoms with Gasteiger partial charge in [-0.3, -0.25) is 9.10 Å². The Balaban J connectivity index is 1.41. The third-order valence-electron chi connectivity index (χ3n) is 7.98. The smallest absolute Gasteiger partial charge is 0.416 e. The van der Waals surface area contributed by atoms with Crippen molar-refractivity contribution < 1.29 is 54.1 Å². The summed E-state index contributed by atoms with van der Waals surface area (Å²) in [6.45, 7) is -3.59. The average molecular weight is 652 g/mol. The van der Waals surface area contributed by atoms with Gasteiger partial charge in [-0.25, -0.2) is 12.8 Å². The number of alkyl halides is 5. The van der Waals surface area contributed by atoms with Gasteiger partial charge in [0.05, 0.1) is 28.1 Å². The highest BCUT2D eigenvalue weighted by molar-refractivity contribution is 7.92. The molecular weight excluding hydrogens is 628 g/mol. The zero-order chi connectivity index (χ0) is 32.3. The number of nitrogens with zero attached hydrogens (tertiary/aromatic N) is 1. The van der Waals surface area contributed by atoms with Gasteiger partial charge in [0.2, 0.25) is 0 Å². The van der Waals surface area contributed by atoms with E-state index >= 15 is 0 Å². The summed E-state index contributed by atoms with van der Waals surface area (Å²) in [6, 6.07) is 9.34. The summed E-state index contributed by atoms with van der Waals surface area (Å²) >= 11 is 0. The molecule has 3 aromatic rings. The van der Waals surface area contributed by atoms with Crippen molar-refractivity contribution in [2.24, 2.45) is 5.41 Å². The van der Waals surface area contributed by atoms with E-state index < -0.39 is 74.8 Å². The van der Waals surface area contributed by atoms with Crippen molar-refractivity contribution >= 4 is 21.7 Å². The molecule has 0 aromatic heterocycles. The van der Waals surface area contributed by atoms with Crippen molar-refractivity contribution in [3.63, 3.8) is 0 Å². The molecule has 0 spiro atoms. The van der Waals surface area contributed by atoms with Gasteiger partial charge < -0.3 is 14.6 Å². The van der Waals surface area contributed by atoms with E-state index in [1.54, 1.807) is 12.2 Å². The van der Waals surface area contributed by atoms with Crippen molar-refractivity contribution in [1.82, 2.24) is 0 Å². The Morgan fingerprint density at radius 1 is 1.07 bits per heavy atom. The molecule has 45 heavy (non-hydrogen) atoms. The van der Waals surface area contributed by atoms with Crippen LogP contribution in [-0.2, 0) is 21.0 Å². The van der Waals surface area contributed by atoms with E-state index in [1.165, 1.54) is 30.4 Å². The number of sulfonamides is 1. The standard InChI is InChI=1S/C31H23F6NO6S/c32-19-10-17(11-21(13-19)44-29(33)34)27-23-14-25-26(15-24(23)27)43-20(6-9-30(28(39)40)7-1-2-8-30)16-38(25)45(41,42)22-5-3-4-18(12-22)31(35,36)37/h1-6,9-15,20,27,29H,7-8,16H2,(H,39,40)/b9-6+. The van der Waals surface area contributed by atoms with Crippen LogP contribution in [0.4, 0.5) is 32.0 Å². The summed E-state index contributed by atoms with van der Waals surface area (Å²) in [5.41, 5.74) is -1.09. The first kappa shape index (κ1) is 30.6. The molecule has 236 valence electrons. The van der Waals surface area contributed by atoms with E-state index in [0.29, 0.717) is 17.2 Å². The Kier molecular flexibility index (Phi) is 7.38. The first-order valence-corrected chi connectivity index (χ1v) is 15.0. The zero-order valence-corrected chi connectivity index (χ0v) is 23.8. The highest BCUT2D eigenvalue weighted by Crippen LogP contribution is 2.55. The second kappa shape index (κ2) is 10.9. The van der Waals surface area contributed by atoms with Crippen molar-refractivity contribution in [2.45, 2.75) is 42.5 Å². The van der Waals surface area contributed by atoms with E-state index in [4.69, 9.17) is 4.74 Å². The quantitative estimate of drug-likeness (QED) is 0.165. The number of hydrogen-bond donors (Lipinski definition) is 1. The molecule has 0 saturated carbocycles. The van der Waals surface area contributed by atoms with E-state index in [0.717, 1.165) is 34.6 Å². The number of aliphatic carboxylic acids is 1. The Morgan fingerprint density at radius 2 is 1.78 bits per heavy atom. The number of rotatable bonds is 8. The Bertz CT molecular complexity index is 1850. The number of anilines is 1. The van der Waals surface area contributed by atoms with Crippen LogP contribution in [0.2, 0.25) is 0 Å². The number of hydrogen-bond acceptors (Lipinski definition) is 5. The van der Waals surface area contributed by atoms with Crippen LogP contribution in [0.25, 0.3) is 0 Å². The molecule has 3 aliphatic rings. The summed E-state index contributed by atoms with van der Waals surface area (Å²) < 4.78 is 119. The summed E-state index contributed by atoms with van der Waals surface area (Å²) in [5.74, 6) is -2.93. The summed E-state index contributed by atoms with van der Waals surface area (Å²) in [7, 11) is -4.64. The van der Waals surface area contributed by atoms with Gasteiger partial charge in [0.25, 0.3) is 10.0 Å². The molecule has 2 atom stereocenters. The molecule has 7 nitrogen and oxygen atoms in total. The van der Waals surface area contributed by atoms with Crippen LogP contribution < -0.4 is 13.8 Å². The van der Waals surface area contributed by atoms with E-state index in [2.05, 4.69) is 4.74 Å². The van der Waals surface area contributed by atoms with Gasteiger partial charge in [-0.2, -0.15) is 22.0 Å². The van der Waals surface area contributed by atoms with Crippen LogP contribution >= 0.6 is 0 Å². The van der Waals surface area contributed by atoms with Crippen LogP contribution in [0.1, 0.15) is 41.0 Å². The molecule has 6 rings (SSSR count). The van der Waals surface area contributed by atoms with Gasteiger partial charge >= 0.3 is 18.8 Å². The summed E-state index contributed by atoms with van der Waals surface area (Å²) in [4.78, 5) is 11.4. The molecule has 1 aliphatic heterocycles. The number of ether oxygens (including phenoxy) is 2. The highest BCUT2D eigenvalue weighted by atomic mass is 32.2. The summed E-state index contributed by atoms with van der Waals surface area (Å²) in [6.07, 6.45) is 0.822. The summed E-state index contributed by atoms with van der Waals surface area (Å²) in [5, 5.41) is 9.83. The van der Waals surface area contributed by atoms with Gasteiger partial charge in [0, 0.05) is 12.0 Å². The molecule has 0 bridgehead atoms. The predicted octanol–water partition coefficient (Wildman–Crippen LogP) is 6.87. The molecule has 0 radical (unpaired) electrons. The average Bonchev–Trinajstić information content (AvgIpc) is 3.44. The fourth-order valence-electron chi connectivity index (χ4n) is 5.69. The lowest BCUT2D eigenvalue weighted by atomic mass is 9.85. The number of halogens is 6. The molecule has 14 heteroatoms. The minimum absolute atomic E-state index is 0.00532. The fraction of sp³-hybridized carbons (Fsp3) is 0.258. The number of carboxylic acids is 1. The second-order valence-corrected chi connectivity index (χ2v) is 12.8. The lowest BCUT2D eigenvalue weighted by Crippen LogP contribution is -2.43. The largest absolute Gasteiger partial charge is 0.482 e. The number of fused-ring (bicyclic) bond motifs is 2. The third kappa shape index (κ3) is 5.74. The second-order valence-electron chi connectivity index (χ2n) is 10.9. The fourth-order valence-corrected chi connectivity index (χ4v) is 7.21. The maximum Gasteiger partial charge on any atom is 0.416 e. The van der Waals surface area contributed by atoms with Crippen LogP contribution in [0.15, 0.2) is 83.8 Å². The van der Waals surface area contributed by atoms with E-state index in [-0.39, 0.29) is 29.8 Å². The van der Waals surface area contributed by atoms with Crippen molar-refractivity contribution in [1.29, 1.82) is 0 Å². The van der Waals surface area contributed by atoms with Crippen LogP contribution in [0.3, 0.4) is 0 Å². The maximum absolute atomic E-state index is 14.3. The molecule has 2 aliphatic carbocycles. The molecule has 1 heterocycles. The first-order valence-electron chi connectivity index (χ1n) is 13.6. The lowest BCUT2D eigenvalue weighted by Gasteiger charge is -2.34. The molecular formula is C31H23F6NO6S. The SMILES string of the molecule is O=C(O)C1(/C=C/C2CN(S(=O)(=O)c3cccc(C(F)(F)F)c3)c3cc4c(cc3O2)C4c2cc(F)cc(OC(F)F)c2)CC=CC1. The topological polar surface area (TPSA) is 93.1 Å². The van der Waals surface area contributed by atoms with E-state index in [1.807, 2.05) is 0 Å². The van der Waals surface area contributed by atoms with Gasteiger partial charge in [0.1, 0.15) is 23.4 Å².